The predicted molar refractivity (Wildman–Crippen MR) is 96.9 cm³/mol. The van der Waals surface area contributed by atoms with Gasteiger partial charge in [0.25, 0.3) is 17.1 Å². The Morgan fingerprint density at radius 2 is 2.04 bits per heavy atom. The van der Waals surface area contributed by atoms with E-state index in [1.807, 2.05) is 31.2 Å². The number of rotatable bonds is 5. The van der Waals surface area contributed by atoms with Crippen LogP contribution in [-0.2, 0) is 19.1 Å². The fraction of sp³-hybridized carbons (Fsp3) is 0.278. The molecule has 0 saturated carbocycles. The number of benzene rings is 1. The summed E-state index contributed by atoms with van der Waals surface area (Å²) >= 11 is 0.897. The number of nitrogens with one attached hydrogen (secondary N) is 1. The molecule has 8 heteroatoms. The molecule has 1 aromatic rings. The second kappa shape index (κ2) is 8.09. The SMILES string of the molecule is Cc1ccc(C=C2SC(=O)N(CCNC(=O)C3=COCCO3)C2=O)cc1. The molecule has 2 heterocycles. The number of aryl methyl sites for hydroxylation is 1. The van der Waals surface area contributed by atoms with Crippen LogP contribution in [-0.4, -0.2) is 48.3 Å². The molecule has 0 aliphatic carbocycles. The third kappa shape index (κ3) is 4.26. The van der Waals surface area contributed by atoms with Gasteiger partial charge in [0.05, 0.1) is 4.91 Å². The first-order valence-electron chi connectivity index (χ1n) is 8.09. The van der Waals surface area contributed by atoms with E-state index in [9.17, 15) is 14.4 Å². The molecule has 1 saturated heterocycles. The molecular formula is C18H18N2O5S. The largest absolute Gasteiger partial charge is 0.494 e. The van der Waals surface area contributed by atoms with Crippen LogP contribution in [0.4, 0.5) is 4.79 Å². The summed E-state index contributed by atoms with van der Waals surface area (Å²) in [6, 6.07) is 7.67. The molecule has 1 aromatic carbocycles. The molecule has 26 heavy (non-hydrogen) atoms. The van der Waals surface area contributed by atoms with Crippen LogP contribution in [0.1, 0.15) is 11.1 Å². The Labute approximate surface area is 155 Å². The maximum absolute atomic E-state index is 12.4. The van der Waals surface area contributed by atoms with E-state index in [4.69, 9.17) is 9.47 Å². The summed E-state index contributed by atoms with van der Waals surface area (Å²) in [7, 11) is 0. The van der Waals surface area contributed by atoms with Crippen molar-refractivity contribution >= 4 is 34.9 Å². The van der Waals surface area contributed by atoms with Crippen LogP contribution in [0.2, 0.25) is 0 Å². The van der Waals surface area contributed by atoms with Gasteiger partial charge in [0.1, 0.15) is 19.5 Å². The Kier molecular flexibility index (Phi) is 5.62. The van der Waals surface area contributed by atoms with Crippen LogP contribution in [0.15, 0.2) is 41.2 Å². The zero-order valence-corrected chi connectivity index (χ0v) is 15.0. The second-order valence-electron chi connectivity index (χ2n) is 5.70. The van der Waals surface area contributed by atoms with E-state index in [0.29, 0.717) is 18.1 Å². The number of ether oxygens (including phenoxy) is 2. The van der Waals surface area contributed by atoms with Gasteiger partial charge >= 0.3 is 0 Å². The lowest BCUT2D eigenvalue weighted by atomic mass is 10.1. The maximum Gasteiger partial charge on any atom is 0.293 e. The van der Waals surface area contributed by atoms with Gasteiger partial charge in [-0.3, -0.25) is 19.3 Å². The molecule has 3 amide bonds. The number of hydrogen-bond donors (Lipinski definition) is 1. The number of hydrogen-bond acceptors (Lipinski definition) is 6. The van der Waals surface area contributed by atoms with E-state index in [-0.39, 0.29) is 30.0 Å². The van der Waals surface area contributed by atoms with Crippen LogP contribution >= 0.6 is 11.8 Å². The highest BCUT2D eigenvalue weighted by Gasteiger charge is 2.34. The molecule has 1 N–H and O–H groups in total. The molecule has 0 atom stereocenters. The molecule has 0 unspecified atom stereocenters. The van der Waals surface area contributed by atoms with Crippen LogP contribution in [0.25, 0.3) is 6.08 Å². The van der Waals surface area contributed by atoms with Gasteiger partial charge in [0.15, 0.2) is 0 Å². The molecular weight excluding hydrogens is 356 g/mol. The zero-order chi connectivity index (χ0) is 18.5. The van der Waals surface area contributed by atoms with E-state index in [2.05, 4.69) is 5.32 Å². The monoisotopic (exact) mass is 374 g/mol. The molecule has 2 aliphatic heterocycles. The predicted octanol–water partition coefficient (Wildman–Crippen LogP) is 2.04. The normalized spacial score (nSPS) is 18.4. The van der Waals surface area contributed by atoms with E-state index in [1.165, 1.54) is 6.26 Å². The number of carbonyl (C=O) groups is 3. The molecule has 136 valence electrons. The molecule has 0 radical (unpaired) electrons. The van der Waals surface area contributed by atoms with Crippen molar-refractivity contribution in [3.8, 4) is 0 Å². The van der Waals surface area contributed by atoms with Gasteiger partial charge in [-0.25, -0.2) is 0 Å². The van der Waals surface area contributed by atoms with Crippen molar-refractivity contribution in [1.82, 2.24) is 10.2 Å². The van der Waals surface area contributed by atoms with E-state index in [1.54, 1.807) is 6.08 Å². The highest BCUT2D eigenvalue weighted by molar-refractivity contribution is 8.18. The van der Waals surface area contributed by atoms with Crippen LogP contribution < -0.4 is 5.32 Å². The van der Waals surface area contributed by atoms with E-state index >= 15 is 0 Å². The minimum Gasteiger partial charge on any atom is -0.494 e. The summed E-state index contributed by atoms with van der Waals surface area (Å²) in [5, 5.41) is 2.26. The van der Waals surface area contributed by atoms with E-state index < -0.39 is 5.91 Å². The van der Waals surface area contributed by atoms with Crippen molar-refractivity contribution in [1.29, 1.82) is 0 Å². The lowest BCUT2D eigenvalue weighted by molar-refractivity contribution is -0.124. The quantitative estimate of drug-likeness (QED) is 0.794. The van der Waals surface area contributed by atoms with Crippen molar-refractivity contribution in [2.75, 3.05) is 26.3 Å². The zero-order valence-electron chi connectivity index (χ0n) is 14.2. The lowest BCUT2D eigenvalue weighted by Crippen LogP contribution is -2.38. The highest BCUT2D eigenvalue weighted by Crippen LogP contribution is 2.31. The number of thioether (sulfide) groups is 1. The average Bonchev–Trinajstić information content (AvgIpc) is 2.91. The molecule has 3 rings (SSSR count). The topological polar surface area (TPSA) is 84.9 Å². The summed E-state index contributed by atoms with van der Waals surface area (Å²) in [6.45, 7) is 2.92. The summed E-state index contributed by atoms with van der Waals surface area (Å²) in [6.07, 6.45) is 2.95. The Balaban J connectivity index is 1.56. The number of amides is 3. The van der Waals surface area contributed by atoms with Crippen molar-refractivity contribution in [3.05, 3.63) is 52.3 Å². The van der Waals surface area contributed by atoms with Crippen LogP contribution in [0, 0.1) is 6.92 Å². The highest BCUT2D eigenvalue weighted by atomic mass is 32.2. The molecule has 0 bridgehead atoms. The fourth-order valence-corrected chi connectivity index (χ4v) is 3.23. The number of imide groups is 1. The molecule has 0 aromatic heterocycles. The summed E-state index contributed by atoms with van der Waals surface area (Å²) in [5.74, 6) is -0.706. The minimum absolute atomic E-state index is 0.0876. The van der Waals surface area contributed by atoms with Gasteiger partial charge < -0.3 is 14.8 Å². The van der Waals surface area contributed by atoms with Crippen LogP contribution in [0.5, 0.6) is 0 Å². The molecule has 0 spiro atoms. The Hall–Kier alpha value is -2.74. The van der Waals surface area contributed by atoms with Crippen molar-refractivity contribution in [2.24, 2.45) is 0 Å². The Morgan fingerprint density at radius 3 is 2.73 bits per heavy atom. The Bertz CT molecular complexity index is 785. The smallest absolute Gasteiger partial charge is 0.293 e. The number of carbonyl (C=O) groups excluding carboxylic acids is 3. The molecule has 2 aliphatic rings. The third-order valence-electron chi connectivity index (χ3n) is 3.74. The second-order valence-corrected chi connectivity index (χ2v) is 6.69. The van der Waals surface area contributed by atoms with Gasteiger partial charge in [-0.2, -0.15) is 0 Å². The average molecular weight is 374 g/mol. The number of nitrogens with zero attached hydrogens (tertiary/aromatic N) is 1. The summed E-state index contributed by atoms with van der Waals surface area (Å²) in [5.41, 5.74) is 1.98. The van der Waals surface area contributed by atoms with Crippen LogP contribution in [0.3, 0.4) is 0 Å². The van der Waals surface area contributed by atoms with Crippen molar-refractivity contribution in [2.45, 2.75) is 6.92 Å². The third-order valence-corrected chi connectivity index (χ3v) is 4.65. The van der Waals surface area contributed by atoms with Gasteiger partial charge in [-0.1, -0.05) is 29.8 Å². The lowest BCUT2D eigenvalue weighted by Gasteiger charge is -2.16. The molecule has 7 nitrogen and oxygen atoms in total. The van der Waals surface area contributed by atoms with Gasteiger partial charge in [0, 0.05) is 13.1 Å². The first-order chi connectivity index (χ1) is 12.5. The van der Waals surface area contributed by atoms with Gasteiger partial charge in [-0.05, 0) is 30.3 Å². The Morgan fingerprint density at radius 1 is 1.27 bits per heavy atom. The van der Waals surface area contributed by atoms with Gasteiger partial charge in [-0.15, -0.1) is 0 Å². The van der Waals surface area contributed by atoms with E-state index in [0.717, 1.165) is 27.8 Å². The first kappa shape index (κ1) is 18.1. The summed E-state index contributed by atoms with van der Waals surface area (Å²) < 4.78 is 10.2. The first-order valence-corrected chi connectivity index (χ1v) is 8.91. The fourth-order valence-electron chi connectivity index (χ4n) is 2.36. The summed E-state index contributed by atoms with van der Waals surface area (Å²) in [4.78, 5) is 37.9. The minimum atomic E-state index is -0.438. The standard InChI is InChI=1S/C18H18N2O5S/c1-12-2-4-13(5-3-12)10-15-17(22)20(18(23)26-15)7-6-19-16(21)14-11-24-8-9-25-14/h2-5,10-11H,6-9H2,1H3,(H,19,21). The van der Waals surface area contributed by atoms with Crippen molar-refractivity contribution in [3.63, 3.8) is 0 Å². The van der Waals surface area contributed by atoms with Gasteiger partial charge in [0.2, 0.25) is 5.76 Å². The maximum atomic E-state index is 12.4. The van der Waals surface area contributed by atoms with Crippen molar-refractivity contribution < 1.29 is 23.9 Å². The molecule has 1 fully saturated rings.